The Hall–Kier alpha value is 0.580. The summed E-state index contributed by atoms with van der Waals surface area (Å²) >= 11 is 6.60. The number of carbonyl (C=O) groups is 1. The van der Waals surface area contributed by atoms with Crippen molar-refractivity contribution in [2.24, 2.45) is 0 Å². The molecule has 0 saturated carbocycles. The van der Waals surface area contributed by atoms with Crippen LogP contribution in [0.25, 0.3) is 0 Å². The summed E-state index contributed by atoms with van der Waals surface area (Å²) in [6.07, 6.45) is 0. The Morgan fingerprint density at radius 1 is 1.06 bits per heavy atom. The minimum atomic E-state index is -0.385. The lowest BCUT2D eigenvalue weighted by atomic mass is 10.3. The van der Waals surface area contributed by atoms with Gasteiger partial charge in [0.05, 0.1) is 8.19 Å². The Balaban J connectivity index is 2.30. The summed E-state index contributed by atoms with van der Waals surface area (Å²) in [4.78, 5) is 11.4. The maximum absolute atomic E-state index is 11.4. The topological polar surface area (TPSA) is 35.5 Å². The summed E-state index contributed by atoms with van der Waals surface area (Å²) in [7, 11) is 0. The van der Waals surface area contributed by atoms with Crippen molar-refractivity contribution in [1.82, 2.24) is 0 Å². The predicted octanol–water partition coefficient (Wildman–Crippen LogP) is 4.08. The number of carbonyl (C=O) groups excluding carboxylic acids is 1. The van der Waals surface area contributed by atoms with Crippen molar-refractivity contribution in [2.75, 3.05) is 13.2 Å². The molecule has 92 valence electrons. The fraction of sp³-hybridized carbons (Fsp3) is 0.182. The van der Waals surface area contributed by atoms with Gasteiger partial charge < -0.3 is 9.47 Å². The quantitative estimate of drug-likeness (QED) is 0.305. The number of benzene rings is 1. The molecule has 6 heteroatoms. The minimum absolute atomic E-state index is 0.0397. The Labute approximate surface area is 141 Å². The van der Waals surface area contributed by atoms with Crippen molar-refractivity contribution in [3.8, 4) is 5.75 Å². The molecule has 1 rings (SSSR count). The molecule has 1 aromatic carbocycles. The van der Waals surface area contributed by atoms with Crippen LogP contribution in [0.15, 0.2) is 35.5 Å². The molecule has 0 bridgehead atoms. The van der Waals surface area contributed by atoms with E-state index in [1.165, 1.54) is 0 Å². The van der Waals surface area contributed by atoms with E-state index in [-0.39, 0.29) is 12.6 Å². The molecule has 0 heterocycles. The third-order valence-corrected chi connectivity index (χ3v) is 5.85. The zero-order valence-electron chi connectivity index (χ0n) is 8.66. The number of halogens is 3. The summed E-state index contributed by atoms with van der Waals surface area (Å²) in [5.74, 6) is 0.152. The second-order valence-electron chi connectivity index (χ2n) is 2.95. The number of hydrogen-bond acceptors (Lipinski definition) is 3. The van der Waals surface area contributed by atoms with Gasteiger partial charge in [-0.05, 0) is 79.9 Å². The molecule has 0 aliphatic rings. The molecule has 0 aliphatic heterocycles. The van der Waals surface area contributed by atoms with Crippen molar-refractivity contribution >= 4 is 73.7 Å². The van der Waals surface area contributed by atoms with Crippen LogP contribution in [-0.2, 0) is 9.53 Å². The molecule has 3 nitrogen and oxygen atoms in total. The highest BCUT2D eigenvalue weighted by Crippen LogP contribution is 2.25. The molecule has 0 spiro atoms. The van der Waals surface area contributed by atoms with Crippen LogP contribution in [0.3, 0.4) is 0 Å². The minimum Gasteiger partial charge on any atom is -0.425 e. The lowest BCUT2D eigenvalue weighted by molar-refractivity contribution is -0.139. The molecule has 0 N–H and O–H groups in total. The van der Waals surface area contributed by atoms with E-state index >= 15 is 0 Å². The summed E-state index contributed by atoms with van der Waals surface area (Å²) in [5.41, 5.74) is 0. The Morgan fingerprint density at radius 2 is 1.71 bits per heavy atom. The number of rotatable bonds is 5. The molecule has 0 saturated heterocycles. The standard InChI is InChI=1S/C11H9I3O3/c12-9(11(13)14)6-16-7-10(15)17-8-4-2-1-3-5-8/h1-5H,6-7H2. The fourth-order valence-electron chi connectivity index (χ4n) is 0.928. The van der Waals surface area contributed by atoms with Gasteiger partial charge in [0.25, 0.3) is 0 Å². The molecule has 0 fully saturated rings. The van der Waals surface area contributed by atoms with E-state index in [1.54, 1.807) is 12.1 Å². The molecule has 0 amide bonds. The van der Waals surface area contributed by atoms with Crippen molar-refractivity contribution in [3.05, 3.63) is 35.5 Å². The summed E-state index contributed by atoms with van der Waals surface area (Å²) in [6.45, 7) is 0.396. The van der Waals surface area contributed by atoms with Gasteiger partial charge in [0.1, 0.15) is 12.4 Å². The second-order valence-corrected chi connectivity index (χ2v) is 8.47. The van der Waals surface area contributed by atoms with Gasteiger partial charge >= 0.3 is 5.97 Å². The Kier molecular flexibility index (Phi) is 7.95. The van der Waals surface area contributed by atoms with Gasteiger partial charge in [-0.25, -0.2) is 4.79 Å². The first-order valence-electron chi connectivity index (χ1n) is 4.62. The molecular formula is C11H9I3O3. The van der Waals surface area contributed by atoms with Gasteiger partial charge in [-0.1, -0.05) is 18.2 Å². The maximum Gasteiger partial charge on any atom is 0.337 e. The third kappa shape index (κ3) is 6.91. The highest BCUT2D eigenvalue weighted by atomic mass is 127. The molecule has 0 atom stereocenters. The van der Waals surface area contributed by atoms with E-state index in [0.717, 1.165) is 5.17 Å². The average molecular weight is 570 g/mol. The largest absolute Gasteiger partial charge is 0.425 e. The van der Waals surface area contributed by atoms with Crippen molar-refractivity contribution < 1.29 is 14.3 Å². The van der Waals surface area contributed by atoms with E-state index in [1.807, 2.05) is 18.2 Å². The summed E-state index contributed by atoms with van der Waals surface area (Å²) < 4.78 is 12.5. The van der Waals surface area contributed by atoms with Crippen LogP contribution in [0, 0.1) is 0 Å². The number of hydrogen-bond donors (Lipinski definition) is 0. The second kappa shape index (κ2) is 8.64. The van der Waals surface area contributed by atoms with Crippen molar-refractivity contribution in [3.63, 3.8) is 0 Å². The smallest absolute Gasteiger partial charge is 0.337 e. The van der Waals surface area contributed by atoms with E-state index in [2.05, 4.69) is 67.8 Å². The summed E-state index contributed by atoms with van der Waals surface area (Å²) in [5, 5.41) is 0. The van der Waals surface area contributed by atoms with Gasteiger partial charge in [-0.2, -0.15) is 0 Å². The molecular weight excluding hydrogens is 561 g/mol. The predicted molar refractivity (Wildman–Crippen MR) is 92.0 cm³/mol. The number of para-hydroxylation sites is 1. The zero-order valence-corrected chi connectivity index (χ0v) is 15.1. The molecule has 1 aromatic rings. The van der Waals surface area contributed by atoms with Gasteiger partial charge in [0.2, 0.25) is 0 Å². The van der Waals surface area contributed by atoms with Gasteiger partial charge in [0, 0.05) is 3.58 Å². The molecule has 0 unspecified atom stereocenters. The van der Waals surface area contributed by atoms with Gasteiger partial charge in [0.15, 0.2) is 0 Å². The van der Waals surface area contributed by atoms with E-state index in [4.69, 9.17) is 9.47 Å². The molecule has 0 aromatic heterocycles. The monoisotopic (exact) mass is 570 g/mol. The zero-order chi connectivity index (χ0) is 12.7. The van der Waals surface area contributed by atoms with Crippen LogP contribution in [0.1, 0.15) is 0 Å². The van der Waals surface area contributed by atoms with Crippen LogP contribution >= 0.6 is 67.8 Å². The third-order valence-electron chi connectivity index (χ3n) is 1.63. The number of esters is 1. The Morgan fingerprint density at radius 3 is 2.29 bits per heavy atom. The highest BCUT2D eigenvalue weighted by Gasteiger charge is 2.05. The van der Waals surface area contributed by atoms with Crippen LogP contribution in [0.2, 0.25) is 0 Å². The maximum atomic E-state index is 11.4. The molecule has 0 radical (unpaired) electrons. The average Bonchev–Trinajstić information content (AvgIpc) is 2.30. The van der Waals surface area contributed by atoms with E-state index < -0.39 is 0 Å². The fourth-order valence-corrected chi connectivity index (χ4v) is 1.46. The van der Waals surface area contributed by atoms with Crippen molar-refractivity contribution in [2.45, 2.75) is 0 Å². The highest BCUT2D eigenvalue weighted by molar-refractivity contribution is 14.2. The SMILES string of the molecule is O=C(COCC(I)=C(I)I)Oc1ccccc1. The van der Waals surface area contributed by atoms with Crippen LogP contribution < -0.4 is 4.74 Å². The lowest BCUT2D eigenvalue weighted by Crippen LogP contribution is -2.16. The van der Waals surface area contributed by atoms with Crippen LogP contribution in [0.4, 0.5) is 0 Å². The first kappa shape index (κ1) is 15.6. The molecule has 0 aliphatic carbocycles. The first-order chi connectivity index (χ1) is 8.09. The van der Waals surface area contributed by atoms with Gasteiger partial charge in [-0.3, -0.25) is 0 Å². The Bertz CT molecular complexity index is 400. The van der Waals surface area contributed by atoms with E-state index in [0.29, 0.717) is 12.4 Å². The normalized spacial score (nSPS) is 9.82. The first-order valence-corrected chi connectivity index (χ1v) is 7.86. The number of ether oxygens (including phenoxy) is 2. The van der Waals surface area contributed by atoms with Crippen LogP contribution in [0.5, 0.6) is 5.75 Å². The lowest BCUT2D eigenvalue weighted by Gasteiger charge is -2.05. The van der Waals surface area contributed by atoms with E-state index in [9.17, 15) is 4.79 Å². The summed E-state index contributed by atoms with van der Waals surface area (Å²) in [6, 6.07) is 8.95. The van der Waals surface area contributed by atoms with Gasteiger partial charge in [-0.15, -0.1) is 0 Å². The van der Waals surface area contributed by atoms with Crippen LogP contribution in [-0.4, -0.2) is 19.2 Å². The van der Waals surface area contributed by atoms with Crippen molar-refractivity contribution in [1.29, 1.82) is 0 Å². The molecule has 17 heavy (non-hydrogen) atoms.